The van der Waals surface area contributed by atoms with Crippen LogP contribution >= 0.6 is 0 Å². The van der Waals surface area contributed by atoms with Crippen molar-refractivity contribution in [2.75, 3.05) is 10.6 Å². The van der Waals surface area contributed by atoms with Crippen LogP contribution in [-0.2, 0) is 6.18 Å². The number of amides is 1. The molecular weight excluding hydrogens is 369 g/mol. The van der Waals surface area contributed by atoms with Crippen LogP contribution in [0.5, 0.6) is 0 Å². The molecule has 0 fully saturated rings. The Labute approximate surface area is 159 Å². The number of anilines is 3. The van der Waals surface area contributed by atoms with E-state index < -0.39 is 17.6 Å². The highest BCUT2D eigenvalue weighted by Crippen LogP contribution is 2.30. The van der Waals surface area contributed by atoms with Crippen molar-refractivity contribution < 1.29 is 18.0 Å². The molecule has 144 valence electrons. The van der Waals surface area contributed by atoms with Gasteiger partial charge in [0.15, 0.2) is 0 Å². The molecule has 0 unspecified atom stereocenters. The van der Waals surface area contributed by atoms with Gasteiger partial charge in [-0.3, -0.25) is 4.79 Å². The molecule has 0 aliphatic rings. The predicted octanol–water partition coefficient (Wildman–Crippen LogP) is 5.11. The molecule has 8 heteroatoms. The molecule has 0 bridgehead atoms. The first-order chi connectivity index (χ1) is 13.2. The van der Waals surface area contributed by atoms with Crippen molar-refractivity contribution in [3.63, 3.8) is 0 Å². The van der Waals surface area contributed by atoms with Gasteiger partial charge in [0, 0.05) is 17.6 Å². The SMILES string of the molecule is Cc1cccc(C)c1Nc1nccc(C(=O)Nc2cccc(C(F)(F)F)c2)n1. The molecule has 3 aromatic rings. The molecule has 1 amide bonds. The van der Waals surface area contributed by atoms with E-state index in [0.717, 1.165) is 28.9 Å². The third-order valence-electron chi connectivity index (χ3n) is 4.05. The third kappa shape index (κ3) is 4.46. The van der Waals surface area contributed by atoms with E-state index in [2.05, 4.69) is 20.6 Å². The first-order valence-electron chi connectivity index (χ1n) is 8.39. The van der Waals surface area contributed by atoms with Gasteiger partial charge < -0.3 is 10.6 Å². The number of nitrogens with zero attached hydrogens (tertiary/aromatic N) is 2. The zero-order chi connectivity index (χ0) is 20.3. The number of benzene rings is 2. The molecule has 1 heterocycles. The van der Waals surface area contributed by atoms with Crippen LogP contribution < -0.4 is 10.6 Å². The summed E-state index contributed by atoms with van der Waals surface area (Å²) in [5.41, 5.74) is 2.02. The van der Waals surface area contributed by atoms with Crippen LogP contribution in [0.15, 0.2) is 54.7 Å². The van der Waals surface area contributed by atoms with Gasteiger partial charge in [0.1, 0.15) is 5.69 Å². The molecule has 0 radical (unpaired) electrons. The van der Waals surface area contributed by atoms with E-state index in [1.54, 1.807) is 0 Å². The van der Waals surface area contributed by atoms with Gasteiger partial charge in [-0.2, -0.15) is 13.2 Å². The molecule has 0 saturated heterocycles. The predicted molar refractivity (Wildman–Crippen MR) is 101 cm³/mol. The third-order valence-corrected chi connectivity index (χ3v) is 4.05. The lowest BCUT2D eigenvalue weighted by Gasteiger charge is -2.12. The van der Waals surface area contributed by atoms with Crippen LogP contribution in [0.4, 0.5) is 30.5 Å². The van der Waals surface area contributed by atoms with Crippen molar-refractivity contribution in [1.82, 2.24) is 9.97 Å². The second kappa shape index (κ2) is 7.67. The van der Waals surface area contributed by atoms with Crippen LogP contribution in [0, 0.1) is 13.8 Å². The summed E-state index contributed by atoms with van der Waals surface area (Å²) in [6.45, 7) is 3.86. The fourth-order valence-electron chi connectivity index (χ4n) is 2.64. The number of aromatic nitrogens is 2. The van der Waals surface area contributed by atoms with Gasteiger partial charge in [0.05, 0.1) is 5.56 Å². The van der Waals surface area contributed by atoms with E-state index in [0.29, 0.717) is 0 Å². The number of aryl methyl sites for hydroxylation is 2. The van der Waals surface area contributed by atoms with Crippen LogP contribution in [0.2, 0.25) is 0 Å². The van der Waals surface area contributed by atoms with Crippen molar-refractivity contribution in [3.05, 3.63) is 77.1 Å². The summed E-state index contributed by atoms with van der Waals surface area (Å²) in [5.74, 6) is -0.416. The van der Waals surface area contributed by atoms with E-state index in [1.807, 2.05) is 32.0 Å². The van der Waals surface area contributed by atoms with Gasteiger partial charge >= 0.3 is 6.18 Å². The zero-order valence-corrected chi connectivity index (χ0v) is 15.1. The summed E-state index contributed by atoms with van der Waals surface area (Å²) < 4.78 is 38.4. The minimum Gasteiger partial charge on any atom is -0.324 e. The van der Waals surface area contributed by atoms with Crippen LogP contribution in [0.3, 0.4) is 0 Å². The summed E-state index contributed by atoms with van der Waals surface area (Å²) in [4.78, 5) is 20.7. The van der Waals surface area contributed by atoms with Crippen LogP contribution in [0.25, 0.3) is 0 Å². The minimum atomic E-state index is -4.49. The lowest BCUT2D eigenvalue weighted by atomic mass is 10.1. The number of alkyl halides is 3. The fourth-order valence-corrected chi connectivity index (χ4v) is 2.64. The molecule has 0 aliphatic carbocycles. The highest BCUT2D eigenvalue weighted by molar-refractivity contribution is 6.03. The second-order valence-corrected chi connectivity index (χ2v) is 6.19. The topological polar surface area (TPSA) is 66.9 Å². The lowest BCUT2D eigenvalue weighted by molar-refractivity contribution is -0.137. The fraction of sp³-hybridized carbons (Fsp3) is 0.150. The molecule has 2 aromatic carbocycles. The monoisotopic (exact) mass is 386 g/mol. The smallest absolute Gasteiger partial charge is 0.324 e. The molecule has 3 rings (SSSR count). The van der Waals surface area contributed by atoms with Gasteiger partial charge in [0.2, 0.25) is 5.95 Å². The first-order valence-corrected chi connectivity index (χ1v) is 8.39. The maximum Gasteiger partial charge on any atom is 0.416 e. The molecule has 2 N–H and O–H groups in total. The average Bonchev–Trinajstić information content (AvgIpc) is 2.65. The Bertz CT molecular complexity index is 998. The Hall–Kier alpha value is -3.42. The quantitative estimate of drug-likeness (QED) is 0.654. The number of halogens is 3. The average molecular weight is 386 g/mol. The molecular formula is C20H17F3N4O. The van der Waals surface area contributed by atoms with E-state index >= 15 is 0 Å². The largest absolute Gasteiger partial charge is 0.416 e. The molecule has 1 aromatic heterocycles. The number of carbonyl (C=O) groups is 1. The van der Waals surface area contributed by atoms with Gasteiger partial charge in [-0.05, 0) is 49.2 Å². The van der Waals surface area contributed by atoms with E-state index in [1.165, 1.54) is 24.4 Å². The molecule has 0 atom stereocenters. The van der Waals surface area contributed by atoms with E-state index in [-0.39, 0.29) is 17.3 Å². The standard InChI is InChI=1S/C20H17F3N4O/c1-12-5-3-6-13(2)17(12)27-19-24-10-9-16(26-19)18(28)25-15-8-4-7-14(11-15)20(21,22)23/h3-11H,1-2H3,(H,25,28)(H,24,26,27). The Morgan fingerprint density at radius 3 is 2.36 bits per heavy atom. The van der Waals surface area contributed by atoms with Gasteiger partial charge in [0.25, 0.3) is 5.91 Å². The lowest BCUT2D eigenvalue weighted by Crippen LogP contribution is -2.15. The van der Waals surface area contributed by atoms with Crippen molar-refractivity contribution in [3.8, 4) is 0 Å². The second-order valence-electron chi connectivity index (χ2n) is 6.19. The number of carbonyl (C=O) groups excluding carboxylic acids is 1. The summed E-state index contributed by atoms with van der Waals surface area (Å²) in [7, 11) is 0. The maximum absolute atomic E-state index is 12.8. The number of hydrogen-bond acceptors (Lipinski definition) is 4. The van der Waals surface area contributed by atoms with Gasteiger partial charge in [-0.15, -0.1) is 0 Å². The van der Waals surface area contributed by atoms with Crippen LogP contribution in [-0.4, -0.2) is 15.9 Å². The Balaban J connectivity index is 1.80. The Morgan fingerprint density at radius 1 is 1.00 bits per heavy atom. The molecule has 28 heavy (non-hydrogen) atoms. The summed E-state index contributed by atoms with van der Waals surface area (Å²) in [5, 5.41) is 5.51. The van der Waals surface area contributed by atoms with Crippen molar-refractivity contribution >= 4 is 23.2 Å². The zero-order valence-electron chi connectivity index (χ0n) is 15.1. The highest BCUT2D eigenvalue weighted by atomic mass is 19.4. The maximum atomic E-state index is 12.8. The number of hydrogen-bond donors (Lipinski definition) is 2. The summed E-state index contributed by atoms with van der Waals surface area (Å²) >= 11 is 0. The van der Waals surface area contributed by atoms with Crippen molar-refractivity contribution in [2.24, 2.45) is 0 Å². The molecule has 5 nitrogen and oxygen atoms in total. The Kier molecular flexibility index (Phi) is 5.30. The van der Waals surface area contributed by atoms with Crippen molar-refractivity contribution in [1.29, 1.82) is 0 Å². The first kappa shape index (κ1) is 19.3. The number of para-hydroxylation sites is 1. The highest BCUT2D eigenvalue weighted by Gasteiger charge is 2.30. The molecule has 0 spiro atoms. The summed E-state index contributed by atoms with van der Waals surface area (Å²) in [6.07, 6.45) is -3.08. The normalized spacial score (nSPS) is 11.2. The van der Waals surface area contributed by atoms with Gasteiger partial charge in [-0.25, -0.2) is 9.97 Å². The Morgan fingerprint density at radius 2 is 1.68 bits per heavy atom. The van der Waals surface area contributed by atoms with Gasteiger partial charge in [-0.1, -0.05) is 24.3 Å². The van der Waals surface area contributed by atoms with E-state index in [4.69, 9.17) is 0 Å². The number of nitrogens with one attached hydrogen (secondary N) is 2. The molecule has 0 saturated carbocycles. The number of rotatable bonds is 4. The minimum absolute atomic E-state index is 0.0288. The van der Waals surface area contributed by atoms with Crippen LogP contribution in [0.1, 0.15) is 27.2 Å². The molecule has 0 aliphatic heterocycles. The summed E-state index contributed by atoms with van der Waals surface area (Å²) in [6, 6.07) is 11.6. The van der Waals surface area contributed by atoms with Crippen molar-refractivity contribution in [2.45, 2.75) is 20.0 Å². The van der Waals surface area contributed by atoms with E-state index in [9.17, 15) is 18.0 Å².